The molecule has 3 aromatic rings. The second kappa shape index (κ2) is 13.3. The van der Waals surface area contributed by atoms with Gasteiger partial charge in [-0.15, -0.1) is 0 Å². The first kappa shape index (κ1) is 28.9. The average Bonchev–Trinajstić information content (AvgIpc) is 3.36. The number of amides is 2. The summed E-state index contributed by atoms with van der Waals surface area (Å²) in [7, 11) is 2.88. The number of carbonyl (C=O) groups excluding carboxylic acids is 2. The van der Waals surface area contributed by atoms with Crippen LogP contribution in [0.2, 0.25) is 0 Å². The molecule has 1 heterocycles. The fourth-order valence-corrected chi connectivity index (χ4v) is 4.41. The van der Waals surface area contributed by atoms with E-state index in [1.165, 1.54) is 19.1 Å². The van der Waals surface area contributed by atoms with Gasteiger partial charge in [0.25, 0.3) is 11.8 Å². The van der Waals surface area contributed by atoms with Gasteiger partial charge in [0.05, 0.1) is 26.4 Å². The van der Waals surface area contributed by atoms with Crippen LogP contribution < -0.4 is 15.0 Å². The van der Waals surface area contributed by atoms with Crippen molar-refractivity contribution in [3.63, 3.8) is 0 Å². The predicted octanol–water partition coefficient (Wildman–Crippen LogP) is 3.49. The SMILES string of the molecule is COCCONC(=O)[C@@H]1[C@@H](O)CCN1C(=O)c1cccc(COc2ccc(-c3cc(F)c(F)cc3OC)cc2)c1. The number of aliphatic hydroxyl groups is 1. The lowest BCUT2D eigenvalue weighted by atomic mass is 10.0. The monoisotopic (exact) mass is 556 g/mol. The third kappa shape index (κ3) is 6.74. The fraction of sp³-hybridized carbons (Fsp3) is 0.310. The number of ether oxygens (including phenoxy) is 3. The Labute approximate surface area is 230 Å². The van der Waals surface area contributed by atoms with Gasteiger partial charge in [0, 0.05) is 30.8 Å². The first-order valence-electron chi connectivity index (χ1n) is 12.6. The molecule has 11 heteroatoms. The molecule has 1 fully saturated rings. The molecule has 0 aliphatic carbocycles. The molecule has 0 saturated carbocycles. The van der Waals surface area contributed by atoms with Gasteiger partial charge in [-0.25, -0.2) is 14.3 Å². The van der Waals surface area contributed by atoms with Crippen LogP contribution in [-0.2, 0) is 21.0 Å². The van der Waals surface area contributed by atoms with Gasteiger partial charge in [-0.2, -0.15) is 0 Å². The zero-order valence-corrected chi connectivity index (χ0v) is 22.1. The summed E-state index contributed by atoms with van der Waals surface area (Å²) in [6.07, 6.45) is -0.757. The van der Waals surface area contributed by atoms with E-state index in [0.717, 1.165) is 12.1 Å². The number of nitrogens with zero attached hydrogens (tertiary/aromatic N) is 1. The highest BCUT2D eigenvalue weighted by Crippen LogP contribution is 2.33. The molecule has 40 heavy (non-hydrogen) atoms. The van der Waals surface area contributed by atoms with Crippen molar-refractivity contribution in [2.75, 3.05) is 34.0 Å². The van der Waals surface area contributed by atoms with Crippen LogP contribution in [-0.4, -0.2) is 67.9 Å². The number of hydroxylamine groups is 1. The number of carbonyl (C=O) groups is 2. The molecule has 0 spiro atoms. The summed E-state index contributed by atoms with van der Waals surface area (Å²) in [6.45, 7) is 0.766. The Bertz CT molecular complexity index is 1340. The topological polar surface area (TPSA) is 107 Å². The molecular formula is C29H30F2N2O7. The van der Waals surface area contributed by atoms with Crippen molar-refractivity contribution in [2.45, 2.75) is 25.2 Å². The maximum absolute atomic E-state index is 13.8. The molecule has 3 aromatic carbocycles. The molecule has 2 atom stereocenters. The molecule has 0 aromatic heterocycles. The maximum Gasteiger partial charge on any atom is 0.269 e. The van der Waals surface area contributed by atoms with E-state index in [-0.39, 0.29) is 38.5 Å². The first-order chi connectivity index (χ1) is 19.3. The molecule has 2 amide bonds. The highest BCUT2D eigenvalue weighted by atomic mass is 19.2. The van der Waals surface area contributed by atoms with Crippen LogP contribution in [0.15, 0.2) is 60.7 Å². The summed E-state index contributed by atoms with van der Waals surface area (Å²) in [5, 5.41) is 10.3. The number of rotatable bonds is 11. The van der Waals surface area contributed by atoms with E-state index in [2.05, 4.69) is 5.48 Å². The van der Waals surface area contributed by atoms with Gasteiger partial charge in [-0.1, -0.05) is 24.3 Å². The zero-order chi connectivity index (χ0) is 28.6. The Morgan fingerprint density at radius 2 is 1.77 bits per heavy atom. The standard InChI is InChI=1S/C29H30F2N2O7/c1-37-12-13-40-32-28(35)27-25(34)10-11-33(27)29(36)20-5-3-4-18(14-20)17-39-21-8-6-19(7-9-21)22-15-23(30)24(31)16-26(22)38-2/h3-9,14-16,25,27,34H,10-13,17H2,1-2H3,(H,32,35)/t25-,27-/m0/s1. The smallest absolute Gasteiger partial charge is 0.269 e. The van der Waals surface area contributed by atoms with E-state index >= 15 is 0 Å². The summed E-state index contributed by atoms with van der Waals surface area (Å²) >= 11 is 0. The zero-order valence-electron chi connectivity index (χ0n) is 22.1. The highest BCUT2D eigenvalue weighted by molar-refractivity contribution is 5.98. The van der Waals surface area contributed by atoms with Gasteiger partial charge >= 0.3 is 0 Å². The third-order valence-electron chi connectivity index (χ3n) is 6.44. The van der Waals surface area contributed by atoms with Crippen LogP contribution in [0.3, 0.4) is 0 Å². The van der Waals surface area contributed by atoms with Gasteiger partial charge in [0.2, 0.25) is 0 Å². The summed E-state index contributed by atoms with van der Waals surface area (Å²) in [5.74, 6) is -2.25. The van der Waals surface area contributed by atoms with Gasteiger partial charge in [0.15, 0.2) is 11.6 Å². The lowest BCUT2D eigenvalue weighted by Crippen LogP contribution is -2.50. The molecule has 9 nitrogen and oxygen atoms in total. The maximum atomic E-state index is 13.8. The van der Waals surface area contributed by atoms with Gasteiger partial charge < -0.3 is 24.2 Å². The molecule has 1 aliphatic heterocycles. The van der Waals surface area contributed by atoms with E-state index < -0.39 is 35.6 Å². The minimum Gasteiger partial charge on any atom is -0.496 e. The fourth-order valence-electron chi connectivity index (χ4n) is 4.41. The van der Waals surface area contributed by atoms with Crippen LogP contribution in [0.1, 0.15) is 22.3 Å². The Morgan fingerprint density at radius 3 is 2.50 bits per heavy atom. The largest absolute Gasteiger partial charge is 0.496 e. The molecular weight excluding hydrogens is 526 g/mol. The molecule has 2 N–H and O–H groups in total. The molecule has 0 radical (unpaired) electrons. The quantitative estimate of drug-likeness (QED) is 0.275. The molecule has 0 unspecified atom stereocenters. The molecule has 4 rings (SSSR count). The number of nitrogens with one attached hydrogen (secondary N) is 1. The Balaban J connectivity index is 1.40. The normalized spacial score (nSPS) is 16.6. The first-order valence-corrected chi connectivity index (χ1v) is 12.6. The third-order valence-corrected chi connectivity index (χ3v) is 6.44. The lowest BCUT2D eigenvalue weighted by Gasteiger charge is -2.25. The minimum atomic E-state index is -1.08. The van der Waals surface area contributed by atoms with Crippen LogP contribution in [0.4, 0.5) is 8.78 Å². The molecule has 1 saturated heterocycles. The Kier molecular flexibility index (Phi) is 9.65. The summed E-state index contributed by atoms with van der Waals surface area (Å²) in [4.78, 5) is 32.2. The van der Waals surface area contributed by atoms with Crippen molar-refractivity contribution in [3.05, 3.63) is 83.4 Å². The van der Waals surface area contributed by atoms with E-state index in [1.54, 1.807) is 48.5 Å². The number of likely N-dealkylation sites (tertiary alicyclic amines) is 1. The Morgan fingerprint density at radius 1 is 1.02 bits per heavy atom. The van der Waals surface area contributed by atoms with Crippen molar-refractivity contribution in [3.8, 4) is 22.6 Å². The van der Waals surface area contributed by atoms with Gasteiger partial charge in [0.1, 0.15) is 24.1 Å². The lowest BCUT2D eigenvalue weighted by molar-refractivity contribution is -0.141. The van der Waals surface area contributed by atoms with E-state index in [1.807, 2.05) is 0 Å². The number of hydrogen-bond acceptors (Lipinski definition) is 7. The second-order valence-corrected chi connectivity index (χ2v) is 9.09. The van der Waals surface area contributed by atoms with E-state index in [0.29, 0.717) is 28.0 Å². The summed E-state index contributed by atoms with van der Waals surface area (Å²) in [5.41, 5.74) is 4.34. The summed E-state index contributed by atoms with van der Waals surface area (Å²) < 4.78 is 43.2. The molecule has 1 aliphatic rings. The number of methoxy groups -OCH3 is 2. The average molecular weight is 557 g/mol. The predicted molar refractivity (Wildman–Crippen MR) is 141 cm³/mol. The molecule has 212 valence electrons. The number of aliphatic hydroxyl groups excluding tert-OH is 1. The van der Waals surface area contributed by atoms with Gasteiger partial charge in [-0.05, 0) is 47.9 Å². The van der Waals surface area contributed by atoms with Crippen LogP contribution >= 0.6 is 0 Å². The Hall–Kier alpha value is -4.06. The van der Waals surface area contributed by atoms with E-state index in [4.69, 9.17) is 19.0 Å². The van der Waals surface area contributed by atoms with Crippen LogP contribution in [0.5, 0.6) is 11.5 Å². The number of benzene rings is 3. The van der Waals surface area contributed by atoms with Crippen molar-refractivity contribution in [1.29, 1.82) is 0 Å². The summed E-state index contributed by atoms with van der Waals surface area (Å²) in [6, 6.07) is 14.6. The van der Waals surface area contributed by atoms with Crippen molar-refractivity contribution in [2.24, 2.45) is 0 Å². The van der Waals surface area contributed by atoms with Crippen molar-refractivity contribution in [1.82, 2.24) is 10.4 Å². The number of halogens is 2. The molecule has 0 bridgehead atoms. The second-order valence-electron chi connectivity index (χ2n) is 9.09. The van der Waals surface area contributed by atoms with Crippen molar-refractivity contribution < 1.29 is 42.5 Å². The highest BCUT2D eigenvalue weighted by Gasteiger charge is 2.41. The van der Waals surface area contributed by atoms with E-state index in [9.17, 15) is 23.5 Å². The van der Waals surface area contributed by atoms with Gasteiger partial charge in [-0.3, -0.25) is 14.4 Å². The van der Waals surface area contributed by atoms with Crippen LogP contribution in [0, 0.1) is 11.6 Å². The number of hydrogen-bond donors (Lipinski definition) is 2. The van der Waals surface area contributed by atoms with Crippen molar-refractivity contribution >= 4 is 11.8 Å². The minimum absolute atomic E-state index is 0.128. The van der Waals surface area contributed by atoms with Crippen LogP contribution in [0.25, 0.3) is 11.1 Å².